The van der Waals surface area contributed by atoms with Crippen molar-refractivity contribution in [2.24, 2.45) is 0 Å². The second kappa shape index (κ2) is 8.95. The monoisotopic (exact) mass is 323 g/mol. The molecule has 3 rings (SSSR count). The minimum absolute atomic E-state index is 0.580. The Hall–Kier alpha value is -1.71. The number of nitrogens with zero attached hydrogens (tertiary/aromatic N) is 2. The van der Waals surface area contributed by atoms with E-state index in [2.05, 4.69) is 64.6 Å². The molecule has 1 N–H and O–H groups in total. The van der Waals surface area contributed by atoms with Gasteiger partial charge in [0.05, 0.1) is 0 Å². The summed E-state index contributed by atoms with van der Waals surface area (Å²) >= 11 is 0. The van der Waals surface area contributed by atoms with E-state index in [1.54, 1.807) is 0 Å². The van der Waals surface area contributed by atoms with Crippen molar-refractivity contribution in [2.45, 2.75) is 38.1 Å². The Labute approximate surface area is 146 Å². The molecular weight excluding hydrogens is 294 g/mol. The molecule has 1 atom stereocenters. The maximum absolute atomic E-state index is 4.08. The summed E-state index contributed by atoms with van der Waals surface area (Å²) in [6.07, 6.45) is 7.43. The van der Waals surface area contributed by atoms with Crippen LogP contribution in [0.15, 0.2) is 54.9 Å². The van der Waals surface area contributed by atoms with Gasteiger partial charge in [-0.3, -0.25) is 4.98 Å². The van der Waals surface area contributed by atoms with Gasteiger partial charge >= 0.3 is 0 Å². The van der Waals surface area contributed by atoms with Gasteiger partial charge in [0.1, 0.15) is 0 Å². The molecule has 2 aromatic rings. The molecule has 24 heavy (non-hydrogen) atoms. The predicted molar refractivity (Wildman–Crippen MR) is 100 cm³/mol. The van der Waals surface area contributed by atoms with Gasteiger partial charge in [-0.25, -0.2) is 0 Å². The molecule has 1 aromatic carbocycles. The van der Waals surface area contributed by atoms with Gasteiger partial charge in [0.25, 0.3) is 0 Å². The van der Waals surface area contributed by atoms with Crippen LogP contribution in [0, 0.1) is 0 Å². The Morgan fingerprint density at radius 2 is 1.79 bits per heavy atom. The first kappa shape index (κ1) is 17.1. The van der Waals surface area contributed by atoms with Crippen LogP contribution < -0.4 is 5.32 Å². The molecule has 0 spiro atoms. The Balaban J connectivity index is 1.35. The van der Waals surface area contributed by atoms with Crippen LogP contribution in [0.3, 0.4) is 0 Å². The number of piperidine rings is 1. The Morgan fingerprint density at radius 3 is 2.50 bits per heavy atom. The maximum Gasteiger partial charge on any atom is 0.0270 e. The molecule has 0 amide bonds. The largest absolute Gasteiger partial charge is 0.313 e. The van der Waals surface area contributed by atoms with Crippen molar-refractivity contribution in [3.63, 3.8) is 0 Å². The van der Waals surface area contributed by atoms with Crippen LogP contribution in [0.1, 0.15) is 36.8 Å². The Bertz CT molecular complexity index is 577. The quantitative estimate of drug-likeness (QED) is 0.845. The van der Waals surface area contributed by atoms with Crippen LogP contribution in [0.4, 0.5) is 0 Å². The SMILES string of the molecule is CC(CNC1CCN(CCc2ccncc2)CC1)c1ccccc1. The average Bonchev–Trinajstić information content (AvgIpc) is 2.67. The third-order valence-corrected chi connectivity index (χ3v) is 5.13. The summed E-state index contributed by atoms with van der Waals surface area (Å²) in [5.74, 6) is 0.580. The predicted octanol–water partition coefficient (Wildman–Crippen LogP) is 3.48. The fourth-order valence-corrected chi connectivity index (χ4v) is 3.44. The first-order valence-corrected chi connectivity index (χ1v) is 9.21. The minimum atomic E-state index is 0.580. The van der Waals surface area contributed by atoms with Crippen LogP contribution >= 0.6 is 0 Å². The van der Waals surface area contributed by atoms with E-state index in [-0.39, 0.29) is 0 Å². The standard InChI is InChI=1S/C21H29N3/c1-18(20-5-3-2-4-6-20)17-23-21-10-15-24(16-11-21)14-9-19-7-12-22-13-8-19/h2-8,12-13,18,21,23H,9-11,14-17H2,1H3. The lowest BCUT2D eigenvalue weighted by Crippen LogP contribution is -2.44. The summed E-state index contributed by atoms with van der Waals surface area (Å²) in [6, 6.07) is 15.7. The van der Waals surface area contributed by atoms with E-state index in [0.29, 0.717) is 12.0 Å². The van der Waals surface area contributed by atoms with Gasteiger partial charge < -0.3 is 10.2 Å². The van der Waals surface area contributed by atoms with Crippen molar-refractivity contribution in [3.05, 3.63) is 66.0 Å². The van der Waals surface area contributed by atoms with E-state index < -0.39 is 0 Å². The summed E-state index contributed by atoms with van der Waals surface area (Å²) in [5.41, 5.74) is 2.82. The Kier molecular flexibility index (Phi) is 6.39. The van der Waals surface area contributed by atoms with Gasteiger partial charge in [-0.15, -0.1) is 0 Å². The molecule has 128 valence electrons. The highest BCUT2D eigenvalue weighted by molar-refractivity contribution is 5.19. The normalized spacial score (nSPS) is 17.7. The fourth-order valence-electron chi connectivity index (χ4n) is 3.44. The number of nitrogens with one attached hydrogen (secondary N) is 1. The first-order chi connectivity index (χ1) is 11.8. The first-order valence-electron chi connectivity index (χ1n) is 9.21. The molecule has 1 aliphatic rings. The molecule has 1 saturated heterocycles. The summed E-state index contributed by atoms with van der Waals surface area (Å²) in [5, 5.41) is 3.78. The highest BCUT2D eigenvalue weighted by atomic mass is 15.1. The summed E-state index contributed by atoms with van der Waals surface area (Å²) in [4.78, 5) is 6.68. The number of hydrogen-bond acceptors (Lipinski definition) is 3. The van der Waals surface area contributed by atoms with Crippen molar-refractivity contribution in [1.29, 1.82) is 0 Å². The molecule has 0 saturated carbocycles. The lowest BCUT2D eigenvalue weighted by Gasteiger charge is -2.33. The molecule has 1 aliphatic heterocycles. The van der Waals surface area contributed by atoms with Crippen molar-refractivity contribution in [3.8, 4) is 0 Å². The van der Waals surface area contributed by atoms with Gasteiger partial charge in [-0.1, -0.05) is 37.3 Å². The molecule has 2 heterocycles. The number of hydrogen-bond donors (Lipinski definition) is 1. The smallest absolute Gasteiger partial charge is 0.0270 e. The van der Waals surface area contributed by atoms with Gasteiger partial charge in [-0.05, 0) is 61.5 Å². The van der Waals surface area contributed by atoms with Gasteiger partial charge in [0, 0.05) is 31.5 Å². The second-order valence-corrected chi connectivity index (χ2v) is 6.94. The zero-order valence-electron chi connectivity index (χ0n) is 14.7. The third kappa shape index (κ3) is 5.15. The van der Waals surface area contributed by atoms with E-state index in [0.717, 1.165) is 19.5 Å². The van der Waals surface area contributed by atoms with E-state index in [4.69, 9.17) is 0 Å². The van der Waals surface area contributed by atoms with Gasteiger partial charge in [-0.2, -0.15) is 0 Å². The van der Waals surface area contributed by atoms with Crippen molar-refractivity contribution >= 4 is 0 Å². The topological polar surface area (TPSA) is 28.2 Å². The molecule has 3 heteroatoms. The third-order valence-electron chi connectivity index (χ3n) is 5.13. The number of benzene rings is 1. The van der Waals surface area contributed by atoms with E-state index in [1.807, 2.05) is 12.4 Å². The molecule has 0 bridgehead atoms. The van der Waals surface area contributed by atoms with Crippen LogP contribution in [0.25, 0.3) is 0 Å². The highest BCUT2D eigenvalue weighted by Gasteiger charge is 2.19. The zero-order chi connectivity index (χ0) is 16.6. The van der Waals surface area contributed by atoms with Crippen LogP contribution in [0.2, 0.25) is 0 Å². The fraction of sp³-hybridized carbons (Fsp3) is 0.476. The van der Waals surface area contributed by atoms with Gasteiger partial charge in [0.2, 0.25) is 0 Å². The van der Waals surface area contributed by atoms with E-state index >= 15 is 0 Å². The average molecular weight is 323 g/mol. The van der Waals surface area contributed by atoms with Gasteiger partial charge in [0.15, 0.2) is 0 Å². The molecule has 3 nitrogen and oxygen atoms in total. The maximum atomic E-state index is 4.08. The van der Waals surface area contributed by atoms with Crippen LogP contribution in [-0.4, -0.2) is 42.1 Å². The summed E-state index contributed by atoms with van der Waals surface area (Å²) < 4.78 is 0. The zero-order valence-corrected chi connectivity index (χ0v) is 14.7. The number of rotatable bonds is 7. The number of likely N-dealkylation sites (tertiary alicyclic amines) is 1. The van der Waals surface area contributed by atoms with E-state index in [1.165, 1.54) is 37.1 Å². The highest BCUT2D eigenvalue weighted by Crippen LogP contribution is 2.16. The molecule has 1 fully saturated rings. The molecule has 0 radical (unpaired) electrons. The molecule has 1 unspecified atom stereocenters. The Morgan fingerprint density at radius 1 is 1.08 bits per heavy atom. The van der Waals surface area contributed by atoms with Crippen LogP contribution in [0.5, 0.6) is 0 Å². The van der Waals surface area contributed by atoms with E-state index in [9.17, 15) is 0 Å². The minimum Gasteiger partial charge on any atom is -0.313 e. The number of pyridine rings is 1. The summed E-state index contributed by atoms with van der Waals surface area (Å²) in [7, 11) is 0. The lowest BCUT2D eigenvalue weighted by atomic mass is 9.99. The lowest BCUT2D eigenvalue weighted by molar-refractivity contribution is 0.199. The van der Waals surface area contributed by atoms with Crippen molar-refractivity contribution in [1.82, 2.24) is 15.2 Å². The van der Waals surface area contributed by atoms with Crippen molar-refractivity contribution < 1.29 is 0 Å². The molecule has 0 aliphatic carbocycles. The summed E-state index contributed by atoms with van der Waals surface area (Å²) in [6.45, 7) is 6.97. The van der Waals surface area contributed by atoms with Crippen molar-refractivity contribution in [2.75, 3.05) is 26.2 Å². The molecular formula is C21H29N3. The number of aromatic nitrogens is 1. The second-order valence-electron chi connectivity index (χ2n) is 6.94. The molecule has 1 aromatic heterocycles. The van der Waals surface area contributed by atoms with Crippen LogP contribution in [-0.2, 0) is 6.42 Å².